The van der Waals surface area contributed by atoms with E-state index in [2.05, 4.69) is 30.3 Å². The Bertz CT molecular complexity index is 1380. The van der Waals surface area contributed by atoms with Gasteiger partial charge in [0.2, 0.25) is 0 Å². The van der Waals surface area contributed by atoms with E-state index in [1.54, 1.807) is 31.0 Å². The molecule has 1 fully saturated rings. The number of methoxy groups -OCH3 is 2. The average molecular weight is 494 g/mol. The topological polar surface area (TPSA) is 101 Å². The average Bonchev–Trinajstić information content (AvgIpc) is 3.36. The number of rotatable bonds is 8. The third-order valence-electron chi connectivity index (χ3n) is 6.56. The fourth-order valence-corrected chi connectivity index (χ4v) is 4.67. The summed E-state index contributed by atoms with van der Waals surface area (Å²) in [6.07, 6.45) is 0. The molecule has 0 amide bonds. The highest BCUT2D eigenvalue weighted by molar-refractivity contribution is 5.80. The molecule has 1 aliphatic heterocycles. The number of ether oxygens (including phenoxy) is 2. The van der Waals surface area contributed by atoms with Gasteiger partial charge in [-0.05, 0) is 59.0 Å². The van der Waals surface area contributed by atoms with Gasteiger partial charge in [-0.1, -0.05) is 0 Å². The maximum Gasteiger partial charge on any atom is 0.253 e. The van der Waals surface area contributed by atoms with Gasteiger partial charge >= 0.3 is 0 Å². The van der Waals surface area contributed by atoms with E-state index < -0.39 is 6.04 Å². The summed E-state index contributed by atoms with van der Waals surface area (Å²) in [6, 6.07) is 13.5. The Labute approximate surface area is 207 Å². The van der Waals surface area contributed by atoms with Crippen molar-refractivity contribution in [3.8, 4) is 5.75 Å². The minimum absolute atomic E-state index is 0.195. The van der Waals surface area contributed by atoms with E-state index in [0.717, 1.165) is 16.6 Å². The van der Waals surface area contributed by atoms with Crippen molar-refractivity contribution in [2.45, 2.75) is 12.6 Å². The molecule has 2 aromatic heterocycles. The van der Waals surface area contributed by atoms with Gasteiger partial charge < -0.3 is 19.4 Å². The molecule has 0 radical (unpaired) electrons. The number of aromatic nitrogens is 5. The fraction of sp³-hybridized carbons (Fsp3) is 0.360. The van der Waals surface area contributed by atoms with Crippen LogP contribution >= 0.6 is 0 Å². The predicted octanol–water partition coefficient (Wildman–Crippen LogP) is 2.22. The zero-order valence-corrected chi connectivity index (χ0v) is 20.2. The molecule has 0 bridgehead atoms. The molecule has 36 heavy (non-hydrogen) atoms. The first-order valence-electron chi connectivity index (χ1n) is 11.8. The van der Waals surface area contributed by atoms with Crippen LogP contribution in [0.2, 0.25) is 0 Å². The van der Waals surface area contributed by atoms with E-state index in [1.165, 1.54) is 12.1 Å². The first kappa shape index (κ1) is 23.9. The summed E-state index contributed by atoms with van der Waals surface area (Å²) in [5.74, 6) is 1.03. The second-order valence-electron chi connectivity index (χ2n) is 8.66. The maximum absolute atomic E-state index is 13.4. The van der Waals surface area contributed by atoms with Gasteiger partial charge in [-0.25, -0.2) is 9.07 Å². The van der Waals surface area contributed by atoms with E-state index in [9.17, 15) is 9.18 Å². The molecule has 1 N–H and O–H groups in total. The van der Waals surface area contributed by atoms with Crippen LogP contribution in [0.15, 0.2) is 53.3 Å². The third kappa shape index (κ3) is 4.79. The van der Waals surface area contributed by atoms with Gasteiger partial charge in [0, 0.05) is 55.4 Å². The summed E-state index contributed by atoms with van der Waals surface area (Å²) in [6.45, 7) is 3.64. The number of nitrogens with zero attached hydrogens (tertiary/aromatic N) is 6. The lowest BCUT2D eigenvalue weighted by Gasteiger charge is -2.39. The number of fused-ring (bicyclic) bond motifs is 1. The molecule has 11 heteroatoms. The molecule has 1 saturated heterocycles. The minimum Gasteiger partial charge on any atom is -0.497 e. The van der Waals surface area contributed by atoms with E-state index >= 15 is 0 Å². The molecule has 10 nitrogen and oxygen atoms in total. The van der Waals surface area contributed by atoms with Crippen LogP contribution in [-0.2, 0) is 11.3 Å². The van der Waals surface area contributed by atoms with Crippen LogP contribution in [0.3, 0.4) is 0 Å². The Morgan fingerprint density at radius 2 is 1.83 bits per heavy atom. The second kappa shape index (κ2) is 10.4. The monoisotopic (exact) mass is 493 g/mol. The molecule has 3 heterocycles. The van der Waals surface area contributed by atoms with Crippen molar-refractivity contribution >= 4 is 16.6 Å². The van der Waals surface area contributed by atoms with Crippen molar-refractivity contribution in [3.05, 3.63) is 76.1 Å². The van der Waals surface area contributed by atoms with E-state index in [1.807, 2.05) is 24.3 Å². The van der Waals surface area contributed by atoms with Crippen LogP contribution in [0.25, 0.3) is 10.9 Å². The molecule has 0 aliphatic carbocycles. The van der Waals surface area contributed by atoms with Crippen LogP contribution in [0, 0.1) is 5.82 Å². The van der Waals surface area contributed by atoms with Crippen LogP contribution in [0.1, 0.15) is 17.4 Å². The molecule has 1 atom stereocenters. The van der Waals surface area contributed by atoms with Gasteiger partial charge in [0.15, 0.2) is 5.82 Å². The lowest BCUT2D eigenvalue weighted by molar-refractivity contribution is 0.171. The van der Waals surface area contributed by atoms with Crippen molar-refractivity contribution in [3.63, 3.8) is 0 Å². The van der Waals surface area contributed by atoms with Crippen molar-refractivity contribution < 1.29 is 13.9 Å². The van der Waals surface area contributed by atoms with Crippen molar-refractivity contribution in [1.82, 2.24) is 30.1 Å². The SMILES string of the molecule is COCCn1nnnc1[C@@H](c1cc2cc(OC)ccc2[nH]c1=O)N1CCN(c2ccc(F)cc2)CC1. The van der Waals surface area contributed by atoms with Gasteiger partial charge in [0.1, 0.15) is 17.6 Å². The van der Waals surface area contributed by atoms with Gasteiger partial charge in [-0.15, -0.1) is 5.10 Å². The van der Waals surface area contributed by atoms with E-state index in [-0.39, 0.29) is 11.4 Å². The van der Waals surface area contributed by atoms with Gasteiger partial charge in [0.25, 0.3) is 5.56 Å². The fourth-order valence-electron chi connectivity index (χ4n) is 4.67. The molecule has 0 saturated carbocycles. The summed E-state index contributed by atoms with van der Waals surface area (Å²) in [4.78, 5) is 20.8. The Morgan fingerprint density at radius 3 is 2.56 bits per heavy atom. The van der Waals surface area contributed by atoms with Crippen molar-refractivity contribution in [1.29, 1.82) is 0 Å². The number of piperazine rings is 1. The summed E-state index contributed by atoms with van der Waals surface area (Å²) in [7, 11) is 3.23. The molecule has 0 spiro atoms. The smallest absolute Gasteiger partial charge is 0.253 e. The Balaban J connectivity index is 1.52. The molecule has 4 aromatic rings. The van der Waals surface area contributed by atoms with Crippen LogP contribution in [0.4, 0.5) is 10.1 Å². The molecular weight excluding hydrogens is 465 g/mol. The number of benzene rings is 2. The number of aromatic amines is 1. The van der Waals surface area contributed by atoms with Gasteiger partial charge in [-0.2, -0.15) is 0 Å². The molecule has 2 aromatic carbocycles. The summed E-state index contributed by atoms with van der Waals surface area (Å²) < 4.78 is 25.7. The highest BCUT2D eigenvalue weighted by atomic mass is 19.1. The third-order valence-corrected chi connectivity index (χ3v) is 6.56. The first-order chi connectivity index (χ1) is 17.6. The lowest BCUT2D eigenvalue weighted by Crippen LogP contribution is -2.49. The normalized spacial score (nSPS) is 15.4. The Kier molecular flexibility index (Phi) is 6.92. The number of pyridine rings is 1. The highest BCUT2D eigenvalue weighted by Gasteiger charge is 2.32. The van der Waals surface area contributed by atoms with E-state index in [0.29, 0.717) is 56.5 Å². The van der Waals surface area contributed by atoms with Gasteiger partial charge in [-0.3, -0.25) is 9.69 Å². The highest BCUT2D eigenvalue weighted by Crippen LogP contribution is 2.29. The quantitative estimate of drug-likeness (QED) is 0.399. The molecule has 5 rings (SSSR count). The van der Waals surface area contributed by atoms with Gasteiger partial charge in [0.05, 0.1) is 20.3 Å². The number of H-pyrrole nitrogens is 1. The predicted molar refractivity (Wildman–Crippen MR) is 133 cm³/mol. The summed E-state index contributed by atoms with van der Waals surface area (Å²) in [5, 5.41) is 13.3. The van der Waals surface area contributed by atoms with Crippen LogP contribution < -0.4 is 15.2 Å². The number of halogens is 1. The Hall–Kier alpha value is -3.83. The number of hydrogen-bond donors (Lipinski definition) is 1. The zero-order valence-electron chi connectivity index (χ0n) is 20.2. The minimum atomic E-state index is -0.466. The largest absolute Gasteiger partial charge is 0.497 e. The lowest BCUT2D eigenvalue weighted by atomic mass is 10.0. The number of tetrazole rings is 1. The summed E-state index contributed by atoms with van der Waals surface area (Å²) >= 11 is 0. The molecular formula is C25H28FN7O3. The summed E-state index contributed by atoms with van der Waals surface area (Å²) in [5.41, 5.74) is 2.05. The first-order valence-corrected chi connectivity index (χ1v) is 11.8. The second-order valence-corrected chi connectivity index (χ2v) is 8.66. The molecule has 0 unspecified atom stereocenters. The number of anilines is 1. The van der Waals surface area contributed by atoms with Crippen LogP contribution in [0.5, 0.6) is 5.75 Å². The molecule has 1 aliphatic rings. The maximum atomic E-state index is 13.4. The number of nitrogens with one attached hydrogen (secondary N) is 1. The molecule has 188 valence electrons. The number of hydrogen-bond acceptors (Lipinski definition) is 8. The van der Waals surface area contributed by atoms with Crippen molar-refractivity contribution in [2.24, 2.45) is 0 Å². The standard InChI is InChI=1S/C25H28FN7O3/c1-35-14-13-33-24(28-29-30-33)23(21-16-17-15-20(36-2)7-8-22(17)27-25(21)34)32-11-9-31(10-12-32)19-5-3-18(26)4-6-19/h3-8,15-16,23H,9-14H2,1-2H3,(H,27,34)/t23-/m1/s1. The van der Waals surface area contributed by atoms with Crippen molar-refractivity contribution in [2.75, 3.05) is 51.9 Å². The zero-order chi connectivity index (χ0) is 25.1. The Morgan fingerprint density at radius 1 is 1.06 bits per heavy atom. The van der Waals surface area contributed by atoms with Crippen LogP contribution in [-0.4, -0.2) is 77.1 Å². The van der Waals surface area contributed by atoms with E-state index in [4.69, 9.17) is 9.47 Å².